The summed E-state index contributed by atoms with van der Waals surface area (Å²) in [6.45, 7) is 0.457. The van der Waals surface area contributed by atoms with E-state index in [4.69, 9.17) is 5.73 Å². The minimum atomic E-state index is -0.00250. The number of hydrogen-bond acceptors (Lipinski definition) is 5. The zero-order valence-electron chi connectivity index (χ0n) is 8.10. The number of nitrogens with zero attached hydrogens (tertiary/aromatic N) is 3. The van der Waals surface area contributed by atoms with Crippen molar-refractivity contribution >= 4 is 22.4 Å². The van der Waals surface area contributed by atoms with Gasteiger partial charge in [0, 0.05) is 13.2 Å². The second-order valence-corrected chi connectivity index (χ2v) is 4.49. The SMILES string of the molecule is CN1CC(=O)N(C)C1c1cnc(N)s1. The van der Waals surface area contributed by atoms with Crippen LogP contribution in [-0.2, 0) is 4.79 Å². The molecular weight excluding hydrogens is 200 g/mol. The molecule has 0 radical (unpaired) electrons. The first-order valence-electron chi connectivity index (χ1n) is 4.26. The number of amides is 1. The molecule has 1 aliphatic rings. The van der Waals surface area contributed by atoms with Crippen molar-refractivity contribution in [3.05, 3.63) is 11.1 Å². The van der Waals surface area contributed by atoms with E-state index < -0.39 is 0 Å². The number of nitrogen functional groups attached to an aromatic ring is 1. The van der Waals surface area contributed by atoms with Crippen LogP contribution in [-0.4, -0.2) is 41.3 Å². The Morgan fingerprint density at radius 3 is 2.79 bits per heavy atom. The van der Waals surface area contributed by atoms with E-state index in [0.29, 0.717) is 11.7 Å². The first kappa shape index (κ1) is 9.42. The lowest BCUT2D eigenvalue weighted by atomic mass is 10.4. The molecule has 6 heteroatoms. The van der Waals surface area contributed by atoms with Crippen molar-refractivity contribution < 1.29 is 4.79 Å². The maximum absolute atomic E-state index is 11.4. The van der Waals surface area contributed by atoms with Gasteiger partial charge in [-0.05, 0) is 7.05 Å². The molecular formula is C8H12N4OS. The van der Waals surface area contributed by atoms with Gasteiger partial charge in [0.15, 0.2) is 5.13 Å². The minimum Gasteiger partial charge on any atom is -0.375 e. The van der Waals surface area contributed by atoms with Gasteiger partial charge >= 0.3 is 0 Å². The van der Waals surface area contributed by atoms with Crippen LogP contribution in [0.3, 0.4) is 0 Å². The highest BCUT2D eigenvalue weighted by Gasteiger charge is 2.34. The summed E-state index contributed by atoms with van der Waals surface area (Å²) in [6.07, 6.45) is 1.73. The van der Waals surface area contributed by atoms with Crippen molar-refractivity contribution in [1.82, 2.24) is 14.8 Å². The molecule has 5 nitrogen and oxygen atoms in total. The minimum absolute atomic E-state index is 0.00250. The van der Waals surface area contributed by atoms with Crippen LogP contribution in [0, 0.1) is 0 Å². The highest BCUT2D eigenvalue weighted by molar-refractivity contribution is 7.15. The molecule has 1 saturated heterocycles. The first-order chi connectivity index (χ1) is 6.59. The molecule has 1 amide bonds. The van der Waals surface area contributed by atoms with Crippen molar-refractivity contribution in [2.24, 2.45) is 0 Å². The highest BCUT2D eigenvalue weighted by atomic mass is 32.1. The summed E-state index contributed by atoms with van der Waals surface area (Å²) in [5.74, 6) is 0.129. The predicted molar refractivity (Wildman–Crippen MR) is 54.7 cm³/mol. The zero-order chi connectivity index (χ0) is 10.3. The van der Waals surface area contributed by atoms with E-state index in [9.17, 15) is 4.79 Å². The fraction of sp³-hybridized carbons (Fsp3) is 0.500. The fourth-order valence-electron chi connectivity index (χ4n) is 1.67. The van der Waals surface area contributed by atoms with Crippen LogP contribution in [0.4, 0.5) is 5.13 Å². The lowest BCUT2D eigenvalue weighted by Gasteiger charge is -2.22. The Morgan fingerprint density at radius 2 is 2.36 bits per heavy atom. The number of thiazole rings is 1. The van der Waals surface area contributed by atoms with Gasteiger partial charge in [-0.3, -0.25) is 9.69 Å². The molecule has 2 rings (SSSR count). The summed E-state index contributed by atoms with van der Waals surface area (Å²) in [4.78, 5) is 20.1. The van der Waals surface area contributed by atoms with E-state index in [1.165, 1.54) is 11.3 Å². The summed E-state index contributed by atoms with van der Waals surface area (Å²) in [6, 6.07) is 0. The van der Waals surface area contributed by atoms with Crippen LogP contribution >= 0.6 is 11.3 Å². The molecule has 2 heterocycles. The third-order valence-electron chi connectivity index (χ3n) is 2.36. The van der Waals surface area contributed by atoms with Gasteiger partial charge in [-0.25, -0.2) is 4.98 Å². The van der Waals surface area contributed by atoms with E-state index in [1.807, 2.05) is 11.9 Å². The van der Waals surface area contributed by atoms with Gasteiger partial charge in [0.25, 0.3) is 0 Å². The van der Waals surface area contributed by atoms with Crippen LogP contribution in [0.25, 0.3) is 0 Å². The van der Waals surface area contributed by atoms with Gasteiger partial charge in [-0.15, -0.1) is 0 Å². The van der Waals surface area contributed by atoms with Gasteiger partial charge < -0.3 is 10.6 Å². The molecule has 1 aromatic rings. The van der Waals surface area contributed by atoms with Crippen LogP contribution in [0.15, 0.2) is 6.20 Å². The monoisotopic (exact) mass is 212 g/mol. The maximum Gasteiger partial charge on any atom is 0.238 e. The van der Waals surface area contributed by atoms with Gasteiger partial charge in [0.2, 0.25) is 5.91 Å². The van der Waals surface area contributed by atoms with Gasteiger partial charge in [-0.2, -0.15) is 0 Å². The van der Waals surface area contributed by atoms with Gasteiger partial charge in [0.1, 0.15) is 6.17 Å². The first-order valence-corrected chi connectivity index (χ1v) is 5.08. The number of carbonyl (C=O) groups is 1. The van der Waals surface area contributed by atoms with Crippen molar-refractivity contribution in [2.75, 3.05) is 26.4 Å². The molecule has 0 spiro atoms. The number of rotatable bonds is 1. The summed E-state index contributed by atoms with van der Waals surface area (Å²) in [5.41, 5.74) is 5.56. The Balaban J connectivity index is 2.30. The lowest BCUT2D eigenvalue weighted by molar-refractivity contribution is -0.126. The van der Waals surface area contributed by atoms with Crippen LogP contribution < -0.4 is 5.73 Å². The quantitative estimate of drug-likeness (QED) is 0.718. The molecule has 14 heavy (non-hydrogen) atoms. The topological polar surface area (TPSA) is 62.5 Å². The molecule has 0 aromatic carbocycles. The van der Waals surface area contributed by atoms with Crippen LogP contribution in [0.2, 0.25) is 0 Å². The summed E-state index contributed by atoms with van der Waals surface area (Å²) < 4.78 is 0. The number of hydrogen-bond donors (Lipinski definition) is 1. The second kappa shape index (κ2) is 3.21. The molecule has 1 unspecified atom stereocenters. The van der Waals surface area contributed by atoms with E-state index in [-0.39, 0.29) is 12.1 Å². The largest absolute Gasteiger partial charge is 0.375 e. The van der Waals surface area contributed by atoms with Gasteiger partial charge in [0.05, 0.1) is 11.4 Å². The molecule has 1 fully saturated rings. The summed E-state index contributed by atoms with van der Waals surface area (Å²) in [5, 5.41) is 0.543. The maximum atomic E-state index is 11.4. The normalized spacial score (nSPS) is 23.4. The number of carbonyl (C=O) groups excluding carboxylic acids is 1. The van der Waals surface area contributed by atoms with E-state index in [1.54, 1.807) is 18.1 Å². The number of likely N-dealkylation sites (N-methyl/N-ethyl adjacent to an activating group) is 2. The molecule has 1 aromatic heterocycles. The van der Waals surface area contributed by atoms with Crippen molar-refractivity contribution in [3.63, 3.8) is 0 Å². The van der Waals surface area contributed by atoms with E-state index >= 15 is 0 Å². The lowest BCUT2D eigenvalue weighted by Crippen LogP contribution is -2.26. The standard InChI is InChI=1S/C8H12N4OS/c1-11-4-6(13)12(2)7(11)5-3-10-8(9)14-5/h3,7H,4H2,1-2H3,(H2,9,10). The number of nitrogens with two attached hydrogens (primary N) is 1. The zero-order valence-corrected chi connectivity index (χ0v) is 8.91. The predicted octanol–water partition coefficient (Wildman–Crippen LogP) is 0.128. The Kier molecular flexibility index (Phi) is 2.16. The Bertz CT molecular complexity index is 364. The summed E-state index contributed by atoms with van der Waals surface area (Å²) in [7, 11) is 3.72. The van der Waals surface area contributed by atoms with Crippen LogP contribution in [0.1, 0.15) is 11.0 Å². The molecule has 1 atom stereocenters. The van der Waals surface area contributed by atoms with E-state index in [2.05, 4.69) is 4.98 Å². The molecule has 0 bridgehead atoms. The van der Waals surface area contributed by atoms with Crippen LogP contribution in [0.5, 0.6) is 0 Å². The number of aromatic nitrogens is 1. The third-order valence-corrected chi connectivity index (χ3v) is 3.22. The average Bonchev–Trinajstić information content (AvgIpc) is 2.60. The van der Waals surface area contributed by atoms with E-state index in [0.717, 1.165) is 4.88 Å². The smallest absolute Gasteiger partial charge is 0.238 e. The van der Waals surface area contributed by atoms with Crippen molar-refractivity contribution in [2.45, 2.75) is 6.17 Å². The third kappa shape index (κ3) is 1.36. The number of anilines is 1. The Hall–Kier alpha value is -1.14. The summed E-state index contributed by atoms with van der Waals surface area (Å²) >= 11 is 1.43. The molecule has 0 aliphatic carbocycles. The molecule has 1 aliphatic heterocycles. The molecule has 2 N–H and O–H groups in total. The average molecular weight is 212 g/mol. The van der Waals surface area contributed by atoms with Crippen molar-refractivity contribution in [3.8, 4) is 0 Å². The second-order valence-electron chi connectivity index (χ2n) is 3.39. The highest BCUT2D eigenvalue weighted by Crippen LogP contribution is 2.32. The van der Waals surface area contributed by atoms with Crippen molar-refractivity contribution in [1.29, 1.82) is 0 Å². The Morgan fingerprint density at radius 1 is 1.64 bits per heavy atom. The Labute approximate surface area is 86.1 Å². The fourth-order valence-corrected chi connectivity index (χ4v) is 2.57. The molecule has 76 valence electrons. The molecule has 0 saturated carbocycles. The van der Waals surface area contributed by atoms with Gasteiger partial charge in [-0.1, -0.05) is 11.3 Å².